The molecule has 3 heteroatoms. The van der Waals surface area contributed by atoms with Gasteiger partial charge in [-0.05, 0) is 45.3 Å². The third-order valence-corrected chi connectivity index (χ3v) is 2.73. The van der Waals surface area contributed by atoms with E-state index in [0.717, 1.165) is 32.5 Å². The first kappa shape index (κ1) is 15.6. The number of hydrogen-bond donors (Lipinski definition) is 0. The number of nitrogens with zero attached hydrogens (tertiary/aromatic N) is 3. The molecule has 3 nitrogen and oxygen atoms in total. The summed E-state index contributed by atoms with van der Waals surface area (Å²) in [7, 11) is 0. The van der Waals surface area contributed by atoms with Gasteiger partial charge in [0.1, 0.15) is 0 Å². The Labute approximate surface area is 105 Å². The van der Waals surface area contributed by atoms with Crippen LogP contribution in [0.3, 0.4) is 0 Å². The van der Waals surface area contributed by atoms with E-state index in [1.807, 2.05) is 18.2 Å². The number of rotatable bonds is 9. The molecule has 0 rings (SSSR count). The fraction of sp³-hybridized carbons (Fsp3) is 0.571. The summed E-state index contributed by atoms with van der Waals surface area (Å²) in [6.07, 6.45) is 9.12. The van der Waals surface area contributed by atoms with Crippen molar-refractivity contribution in [1.82, 2.24) is 4.90 Å². The zero-order valence-electron chi connectivity index (χ0n) is 11.0. The summed E-state index contributed by atoms with van der Waals surface area (Å²) in [5, 5.41) is 9.04. The minimum atomic E-state index is 0.108. The van der Waals surface area contributed by atoms with Crippen molar-refractivity contribution in [2.24, 2.45) is 10.9 Å². The van der Waals surface area contributed by atoms with Gasteiger partial charge in [0, 0.05) is 6.20 Å². The van der Waals surface area contributed by atoms with Gasteiger partial charge in [-0.25, -0.2) is 0 Å². The highest BCUT2D eigenvalue weighted by molar-refractivity contribution is 5.26. The Morgan fingerprint density at radius 3 is 2.59 bits per heavy atom. The third-order valence-electron chi connectivity index (χ3n) is 2.73. The first-order chi connectivity index (χ1) is 8.28. The number of nitriles is 1. The molecule has 0 fully saturated rings. The van der Waals surface area contributed by atoms with Crippen LogP contribution in [0.1, 0.15) is 26.7 Å². The molecule has 0 aliphatic heterocycles. The highest BCUT2D eigenvalue weighted by Gasteiger charge is 2.07. The van der Waals surface area contributed by atoms with Crippen molar-refractivity contribution in [2.45, 2.75) is 26.7 Å². The topological polar surface area (TPSA) is 39.4 Å². The van der Waals surface area contributed by atoms with Crippen LogP contribution in [0.15, 0.2) is 29.4 Å². The summed E-state index contributed by atoms with van der Waals surface area (Å²) in [6, 6.07) is 2.36. The maximum atomic E-state index is 9.04. The lowest BCUT2D eigenvalue weighted by Crippen LogP contribution is -2.25. The van der Waals surface area contributed by atoms with E-state index >= 15 is 0 Å². The molecule has 1 unspecified atom stereocenters. The lowest BCUT2D eigenvalue weighted by atomic mass is 10.0. The Balaban J connectivity index is 3.92. The summed E-state index contributed by atoms with van der Waals surface area (Å²) in [4.78, 5) is 5.94. The maximum absolute atomic E-state index is 9.04. The van der Waals surface area contributed by atoms with E-state index in [1.54, 1.807) is 6.20 Å². The van der Waals surface area contributed by atoms with Crippen LogP contribution in [0.4, 0.5) is 0 Å². The van der Waals surface area contributed by atoms with Gasteiger partial charge in [-0.1, -0.05) is 26.0 Å². The van der Waals surface area contributed by atoms with Gasteiger partial charge in [0.2, 0.25) is 0 Å². The molecular formula is C14H23N3. The quantitative estimate of drug-likeness (QED) is 0.453. The van der Waals surface area contributed by atoms with Gasteiger partial charge in [-0.2, -0.15) is 5.26 Å². The molecule has 17 heavy (non-hydrogen) atoms. The Hall–Kier alpha value is -1.40. The minimum Gasteiger partial charge on any atom is -0.304 e. The fourth-order valence-corrected chi connectivity index (χ4v) is 1.55. The van der Waals surface area contributed by atoms with Crippen molar-refractivity contribution in [3.8, 4) is 6.07 Å². The van der Waals surface area contributed by atoms with Gasteiger partial charge in [0.05, 0.1) is 12.0 Å². The van der Waals surface area contributed by atoms with Crippen LogP contribution >= 0.6 is 0 Å². The molecule has 0 aromatic heterocycles. The van der Waals surface area contributed by atoms with Gasteiger partial charge in [-0.3, -0.25) is 4.99 Å². The van der Waals surface area contributed by atoms with Crippen molar-refractivity contribution in [3.05, 3.63) is 24.4 Å². The molecule has 1 atom stereocenters. The molecule has 0 radical (unpaired) electrons. The van der Waals surface area contributed by atoms with Crippen LogP contribution in [0, 0.1) is 17.2 Å². The molecule has 0 aliphatic rings. The van der Waals surface area contributed by atoms with E-state index in [0.29, 0.717) is 0 Å². The normalized spacial score (nSPS) is 13.3. The molecule has 0 N–H and O–H groups in total. The van der Waals surface area contributed by atoms with Crippen molar-refractivity contribution in [2.75, 3.05) is 19.6 Å². The van der Waals surface area contributed by atoms with Crippen molar-refractivity contribution in [1.29, 1.82) is 5.26 Å². The average molecular weight is 233 g/mol. The molecule has 0 spiro atoms. The van der Waals surface area contributed by atoms with Gasteiger partial charge in [0.15, 0.2) is 0 Å². The van der Waals surface area contributed by atoms with Crippen LogP contribution in [0.5, 0.6) is 0 Å². The third kappa shape index (κ3) is 8.41. The summed E-state index contributed by atoms with van der Waals surface area (Å²) in [5.74, 6) is 0.108. The molecule has 0 saturated heterocycles. The first-order valence-electron chi connectivity index (χ1n) is 6.17. The maximum Gasteiger partial charge on any atom is 0.0659 e. The molecule has 0 heterocycles. The SMILES string of the molecule is C=N/C=C\C=C/CC(C#N)CCN(CC)CC. The summed E-state index contributed by atoms with van der Waals surface area (Å²) < 4.78 is 0. The van der Waals surface area contributed by atoms with Gasteiger partial charge < -0.3 is 4.90 Å². The predicted octanol–water partition coefficient (Wildman–Crippen LogP) is 3.02. The summed E-state index contributed by atoms with van der Waals surface area (Å²) >= 11 is 0. The van der Waals surface area contributed by atoms with E-state index in [-0.39, 0.29) is 5.92 Å². The highest BCUT2D eigenvalue weighted by Crippen LogP contribution is 2.09. The second kappa shape index (κ2) is 11.1. The lowest BCUT2D eigenvalue weighted by molar-refractivity contribution is 0.287. The fourth-order valence-electron chi connectivity index (χ4n) is 1.55. The van der Waals surface area contributed by atoms with E-state index < -0.39 is 0 Å². The van der Waals surface area contributed by atoms with Gasteiger partial charge in [0.25, 0.3) is 0 Å². The molecule has 0 amide bonds. The van der Waals surface area contributed by atoms with Crippen molar-refractivity contribution >= 4 is 6.72 Å². The highest BCUT2D eigenvalue weighted by atomic mass is 15.1. The smallest absolute Gasteiger partial charge is 0.0659 e. The minimum absolute atomic E-state index is 0.108. The van der Waals surface area contributed by atoms with Gasteiger partial charge >= 0.3 is 0 Å². The van der Waals surface area contributed by atoms with Crippen molar-refractivity contribution in [3.63, 3.8) is 0 Å². The summed E-state index contributed by atoms with van der Waals surface area (Å²) in [5.41, 5.74) is 0. The van der Waals surface area contributed by atoms with Crippen LogP contribution < -0.4 is 0 Å². The Kier molecular flexibility index (Phi) is 10.2. The number of allylic oxidation sites excluding steroid dienone is 3. The molecule has 0 aromatic rings. The monoisotopic (exact) mass is 233 g/mol. The molecule has 94 valence electrons. The van der Waals surface area contributed by atoms with Crippen LogP contribution in [-0.2, 0) is 0 Å². The molecule has 0 aromatic carbocycles. The van der Waals surface area contributed by atoms with E-state index in [2.05, 4.69) is 36.5 Å². The number of aliphatic imine (C=N–C) groups is 1. The van der Waals surface area contributed by atoms with Crippen molar-refractivity contribution < 1.29 is 0 Å². The lowest BCUT2D eigenvalue weighted by Gasteiger charge is -2.18. The second-order valence-corrected chi connectivity index (χ2v) is 3.83. The second-order valence-electron chi connectivity index (χ2n) is 3.83. The largest absolute Gasteiger partial charge is 0.304 e. The summed E-state index contributed by atoms with van der Waals surface area (Å²) in [6.45, 7) is 10.8. The number of hydrogen-bond acceptors (Lipinski definition) is 3. The predicted molar refractivity (Wildman–Crippen MR) is 74.0 cm³/mol. The first-order valence-corrected chi connectivity index (χ1v) is 6.17. The molecule has 0 saturated carbocycles. The van der Waals surface area contributed by atoms with E-state index in [4.69, 9.17) is 5.26 Å². The Morgan fingerprint density at radius 1 is 1.35 bits per heavy atom. The van der Waals surface area contributed by atoms with E-state index in [1.165, 1.54) is 0 Å². The average Bonchev–Trinajstić information content (AvgIpc) is 2.37. The van der Waals surface area contributed by atoms with Crippen LogP contribution in [0.25, 0.3) is 0 Å². The van der Waals surface area contributed by atoms with Gasteiger partial charge in [-0.15, -0.1) is 0 Å². The molecule has 0 bridgehead atoms. The molecular weight excluding hydrogens is 210 g/mol. The van der Waals surface area contributed by atoms with E-state index in [9.17, 15) is 0 Å². The zero-order chi connectivity index (χ0) is 12.9. The van der Waals surface area contributed by atoms with Crippen LogP contribution in [0.2, 0.25) is 0 Å². The Bertz CT molecular complexity index is 282. The standard InChI is InChI=1S/C14H23N3/c1-4-17(5-2)12-10-14(13-15)9-7-6-8-11-16-3/h6-8,11,14H,3-5,9-10,12H2,1-2H3/b7-6-,11-8-. The zero-order valence-corrected chi connectivity index (χ0v) is 11.0. The Morgan fingerprint density at radius 2 is 2.06 bits per heavy atom. The van der Waals surface area contributed by atoms with Crippen LogP contribution in [-0.4, -0.2) is 31.3 Å². The molecule has 0 aliphatic carbocycles.